The Balaban J connectivity index is 1.81. The molecule has 0 aromatic heterocycles. The first-order valence-corrected chi connectivity index (χ1v) is 8.84. The molecular formula is C21H26O2. The number of fused-ring (bicyclic) bond motifs is 5. The Bertz CT molecular complexity index is 682. The van der Waals surface area contributed by atoms with Crippen LogP contribution in [0.2, 0.25) is 0 Å². The Hall–Kier alpha value is -1.41. The van der Waals surface area contributed by atoms with Crippen LogP contribution < -0.4 is 0 Å². The molecule has 0 spiro atoms. The van der Waals surface area contributed by atoms with Crippen LogP contribution in [0, 0.1) is 22.7 Å². The molecule has 122 valence electrons. The highest BCUT2D eigenvalue weighted by molar-refractivity contribution is 5.92. The van der Waals surface area contributed by atoms with Crippen LogP contribution in [-0.2, 0) is 4.79 Å². The molecule has 0 amide bonds. The molecule has 1 fully saturated rings. The van der Waals surface area contributed by atoms with Crippen molar-refractivity contribution in [3.05, 3.63) is 48.1 Å². The first-order chi connectivity index (χ1) is 10.8. The topological polar surface area (TPSA) is 37.3 Å². The third-order valence-electron chi connectivity index (χ3n) is 7.47. The average molecular weight is 310 g/mol. The summed E-state index contributed by atoms with van der Waals surface area (Å²) >= 11 is 0. The Labute approximate surface area is 138 Å². The zero-order valence-electron chi connectivity index (χ0n) is 14.1. The molecule has 2 nitrogen and oxygen atoms in total. The van der Waals surface area contributed by atoms with Crippen LogP contribution in [0.1, 0.15) is 46.0 Å². The summed E-state index contributed by atoms with van der Waals surface area (Å²) in [4.78, 5) is 11.8. The van der Waals surface area contributed by atoms with Crippen molar-refractivity contribution in [1.82, 2.24) is 0 Å². The van der Waals surface area contributed by atoms with E-state index in [1.165, 1.54) is 11.1 Å². The molecule has 2 heteroatoms. The standard InChI is InChI=1S/C21H26O2/c1-4-21(23)12-9-18-16-6-5-14-13-15(22)7-10-19(14,2)17(16)8-11-20(18,21)3/h4-6,8,13,16,18,23H,1,7,9-12H2,2-3H3/t16?,18?,19-,20-,21?/m0/s1. The minimum Gasteiger partial charge on any atom is -0.385 e. The molecule has 1 N–H and O–H groups in total. The number of hydrogen-bond donors (Lipinski definition) is 1. The van der Waals surface area contributed by atoms with Gasteiger partial charge in [-0.2, -0.15) is 0 Å². The molecule has 0 bridgehead atoms. The van der Waals surface area contributed by atoms with E-state index in [9.17, 15) is 9.90 Å². The average Bonchev–Trinajstić information content (AvgIpc) is 2.80. The second-order valence-corrected chi connectivity index (χ2v) is 8.34. The predicted molar refractivity (Wildman–Crippen MR) is 91.7 cm³/mol. The van der Waals surface area contributed by atoms with Gasteiger partial charge in [-0.3, -0.25) is 4.79 Å². The van der Waals surface area contributed by atoms with Gasteiger partial charge in [-0.25, -0.2) is 0 Å². The third-order valence-corrected chi connectivity index (χ3v) is 7.47. The molecule has 0 aromatic carbocycles. The van der Waals surface area contributed by atoms with Crippen molar-refractivity contribution < 1.29 is 9.90 Å². The second-order valence-electron chi connectivity index (χ2n) is 8.34. The van der Waals surface area contributed by atoms with Crippen molar-refractivity contribution in [3.63, 3.8) is 0 Å². The summed E-state index contributed by atoms with van der Waals surface area (Å²) in [6.07, 6.45) is 14.8. The van der Waals surface area contributed by atoms with Gasteiger partial charge in [0.25, 0.3) is 0 Å². The molecule has 4 rings (SSSR count). The lowest BCUT2D eigenvalue weighted by molar-refractivity contribution is -0.115. The summed E-state index contributed by atoms with van der Waals surface area (Å²) in [5.41, 5.74) is 1.78. The maximum Gasteiger partial charge on any atom is 0.156 e. The van der Waals surface area contributed by atoms with Gasteiger partial charge in [-0.1, -0.05) is 43.7 Å². The number of rotatable bonds is 1. The summed E-state index contributed by atoms with van der Waals surface area (Å²) in [6, 6.07) is 0. The van der Waals surface area contributed by atoms with E-state index in [2.05, 4.69) is 38.7 Å². The predicted octanol–water partition coefficient (Wildman–Crippen LogP) is 4.13. The van der Waals surface area contributed by atoms with Gasteiger partial charge in [0.1, 0.15) is 0 Å². The molecule has 4 aliphatic carbocycles. The minimum atomic E-state index is -0.757. The summed E-state index contributed by atoms with van der Waals surface area (Å²) in [5.74, 6) is 1.10. The van der Waals surface area contributed by atoms with Crippen LogP contribution in [-0.4, -0.2) is 16.5 Å². The fourth-order valence-electron chi connectivity index (χ4n) is 5.72. The van der Waals surface area contributed by atoms with Gasteiger partial charge in [0.05, 0.1) is 5.60 Å². The van der Waals surface area contributed by atoms with E-state index in [0.717, 1.165) is 25.7 Å². The van der Waals surface area contributed by atoms with Crippen LogP contribution in [0.5, 0.6) is 0 Å². The zero-order chi connectivity index (χ0) is 16.5. The van der Waals surface area contributed by atoms with Gasteiger partial charge < -0.3 is 5.11 Å². The lowest BCUT2D eigenvalue weighted by atomic mass is 9.52. The Morgan fingerprint density at radius 2 is 2.13 bits per heavy atom. The Morgan fingerprint density at radius 1 is 1.35 bits per heavy atom. The highest BCUT2D eigenvalue weighted by atomic mass is 16.3. The van der Waals surface area contributed by atoms with E-state index in [4.69, 9.17) is 0 Å². The quantitative estimate of drug-likeness (QED) is 0.739. The number of ketones is 1. The van der Waals surface area contributed by atoms with E-state index < -0.39 is 5.60 Å². The highest BCUT2D eigenvalue weighted by Crippen LogP contribution is 2.64. The van der Waals surface area contributed by atoms with Crippen molar-refractivity contribution in [1.29, 1.82) is 0 Å². The second kappa shape index (κ2) is 4.57. The third kappa shape index (κ3) is 1.76. The van der Waals surface area contributed by atoms with Crippen molar-refractivity contribution in [2.24, 2.45) is 22.7 Å². The molecule has 0 heterocycles. The number of hydrogen-bond acceptors (Lipinski definition) is 2. The normalized spacial score (nSPS) is 48.0. The molecule has 0 aliphatic heterocycles. The van der Waals surface area contributed by atoms with Crippen LogP contribution in [0.4, 0.5) is 0 Å². The van der Waals surface area contributed by atoms with Crippen LogP contribution in [0.15, 0.2) is 48.1 Å². The van der Waals surface area contributed by atoms with E-state index in [-0.39, 0.29) is 16.6 Å². The Morgan fingerprint density at radius 3 is 2.87 bits per heavy atom. The smallest absolute Gasteiger partial charge is 0.156 e. The number of carbonyl (C=O) groups excluding carboxylic acids is 1. The van der Waals surface area contributed by atoms with Gasteiger partial charge in [0.15, 0.2) is 5.78 Å². The van der Waals surface area contributed by atoms with Gasteiger partial charge >= 0.3 is 0 Å². The molecular weight excluding hydrogens is 284 g/mol. The molecule has 0 radical (unpaired) electrons. The Kier molecular flexibility index (Phi) is 3.01. The largest absolute Gasteiger partial charge is 0.385 e. The fourth-order valence-corrected chi connectivity index (χ4v) is 5.72. The summed E-state index contributed by atoms with van der Waals surface area (Å²) in [5, 5.41) is 11.0. The van der Waals surface area contributed by atoms with Gasteiger partial charge in [-0.15, -0.1) is 6.58 Å². The van der Waals surface area contributed by atoms with E-state index in [1.807, 2.05) is 6.08 Å². The van der Waals surface area contributed by atoms with Crippen molar-refractivity contribution >= 4 is 5.78 Å². The van der Waals surface area contributed by atoms with Gasteiger partial charge in [0, 0.05) is 23.2 Å². The molecule has 5 atom stereocenters. The van der Waals surface area contributed by atoms with Gasteiger partial charge in [0.2, 0.25) is 0 Å². The van der Waals surface area contributed by atoms with Crippen LogP contribution in [0.25, 0.3) is 0 Å². The van der Waals surface area contributed by atoms with E-state index >= 15 is 0 Å². The van der Waals surface area contributed by atoms with Crippen molar-refractivity contribution in [2.45, 2.75) is 51.6 Å². The number of allylic oxidation sites excluding steroid dienone is 6. The maximum atomic E-state index is 11.8. The van der Waals surface area contributed by atoms with E-state index in [1.54, 1.807) is 6.08 Å². The number of aliphatic hydroxyl groups is 1. The molecule has 1 saturated carbocycles. The fraction of sp³-hybridized carbons (Fsp3) is 0.571. The van der Waals surface area contributed by atoms with Crippen molar-refractivity contribution in [2.75, 3.05) is 0 Å². The lowest BCUT2D eigenvalue weighted by Crippen LogP contribution is -2.49. The summed E-state index contributed by atoms with van der Waals surface area (Å²) in [7, 11) is 0. The van der Waals surface area contributed by atoms with Crippen LogP contribution in [0.3, 0.4) is 0 Å². The summed E-state index contributed by atoms with van der Waals surface area (Å²) < 4.78 is 0. The molecule has 3 unspecified atom stereocenters. The van der Waals surface area contributed by atoms with E-state index in [0.29, 0.717) is 18.3 Å². The number of carbonyl (C=O) groups is 1. The molecule has 4 aliphatic rings. The first kappa shape index (κ1) is 15.1. The maximum absolute atomic E-state index is 11.8. The molecule has 23 heavy (non-hydrogen) atoms. The monoisotopic (exact) mass is 310 g/mol. The molecule has 0 saturated heterocycles. The zero-order valence-corrected chi connectivity index (χ0v) is 14.1. The lowest BCUT2D eigenvalue weighted by Gasteiger charge is -2.52. The summed E-state index contributed by atoms with van der Waals surface area (Å²) in [6.45, 7) is 8.43. The highest BCUT2D eigenvalue weighted by Gasteiger charge is 2.60. The SMILES string of the molecule is C=CC1(O)CCC2C3C=CC4=CC(=O)CC[C@]4(C)C3=CC[C@@]21C. The van der Waals surface area contributed by atoms with Gasteiger partial charge in [-0.05, 0) is 43.3 Å². The van der Waals surface area contributed by atoms with Crippen LogP contribution >= 0.6 is 0 Å². The molecule has 0 aromatic rings. The van der Waals surface area contributed by atoms with Crippen molar-refractivity contribution in [3.8, 4) is 0 Å². The minimum absolute atomic E-state index is 0.00351. The first-order valence-electron chi connectivity index (χ1n) is 8.84.